The van der Waals surface area contributed by atoms with Crippen LogP contribution < -0.4 is 5.32 Å². The fourth-order valence-electron chi connectivity index (χ4n) is 2.57. The third kappa shape index (κ3) is 2.80. The van der Waals surface area contributed by atoms with Crippen LogP contribution in [0.4, 0.5) is 5.82 Å². The third-order valence-corrected chi connectivity index (χ3v) is 4.63. The van der Waals surface area contributed by atoms with Crippen LogP contribution in [0.3, 0.4) is 0 Å². The highest BCUT2D eigenvalue weighted by Crippen LogP contribution is 2.35. The average molecular weight is 302 g/mol. The second-order valence-electron chi connectivity index (χ2n) is 4.97. The predicted octanol–water partition coefficient (Wildman–Crippen LogP) is 2.90. The molecule has 1 aliphatic carbocycles. The normalized spacial score (nSPS) is 17.0. The topological polar surface area (TPSA) is 79.3 Å². The van der Waals surface area contributed by atoms with Crippen molar-refractivity contribution in [3.05, 3.63) is 45.8 Å². The molecule has 1 amide bonds. The van der Waals surface area contributed by atoms with Crippen molar-refractivity contribution in [1.29, 1.82) is 0 Å². The molecule has 0 saturated carbocycles. The monoisotopic (exact) mass is 302 g/mol. The van der Waals surface area contributed by atoms with Gasteiger partial charge in [0, 0.05) is 11.1 Å². The van der Waals surface area contributed by atoms with Gasteiger partial charge in [-0.15, -0.1) is 11.3 Å². The Labute approximate surface area is 125 Å². The van der Waals surface area contributed by atoms with Crippen molar-refractivity contribution >= 4 is 29.0 Å². The molecular weight excluding hydrogens is 288 g/mol. The van der Waals surface area contributed by atoms with Crippen molar-refractivity contribution in [3.63, 3.8) is 0 Å². The van der Waals surface area contributed by atoms with E-state index in [4.69, 9.17) is 5.11 Å². The average Bonchev–Trinajstić information content (AvgIpc) is 2.96. The zero-order valence-corrected chi connectivity index (χ0v) is 12.0. The summed E-state index contributed by atoms with van der Waals surface area (Å²) in [5.41, 5.74) is 1.22. The van der Waals surface area contributed by atoms with Gasteiger partial charge in [0.2, 0.25) is 5.91 Å². The lowest BCUT2D eigenvalue weighted by atomic mass is 9.87. The summed E-state index contributed by atoms with van der Waals surface area (Å²) in [6.07, 6.45) is 4.14. The molecular formula is C15H14N2O3S. The summed E-state index contributed by atoms with van der Waals surface area (Å²) in [5, 5.41) is 13.6. The van der Waals surface area contributed by atoms with E-state index in [0.717, 1.165) is 24.8 Å². The summed E-state index contributed by atoms with van der Waals surface area (Å²) in [4.78, 5) is 28.4. The summed E-state index contributed by atoms with van der Waals surface area (Å²) in [6.45, 7) is 0. The Hall–Kier alpha value is -2.21. The number of aryl methyl sites for hydroxylation is 1. The molecule has 1 aliphatic rings. The van der Waals surface area contributed by atoms with Crippen molar-refractivity contribution in [1.82, 2.24) is 4.98 Å². The molecule has 108 valence electrons. The lowest BCUT2D eigenvalue weighted by Crippen LogP contribution is -2.24. The van der Waals surface area contributed by atoms with E-state index in [1.807, 2.05) is 11.4 Å². The van der Waals surface area contributed by atoms with Crippen molar-refractivity contribution in [2.45, 2.75) is 25.2 Å². The van der Waals surface area contributed by atoms with Crippen LogP contribution in [0.5, 0.6) is 0 Å². The first-order valence-corrected chi connectivity index (χ1v) is 7.59. The minimum absolute atomic E-state index is 0.0788. The molecule has 6 heteroatoms. The minimum Gasteiger partial charge on any atom is -0.478 e. The number of nitrogens with zero attached hydrogens (tertiary/aromatic N) is 1. The SMILES string of the molecule is O=C(O)c1ccc(NC(=O)C2CCCc3sccc32)nc1. The van der Waals surface area contributed by atoms with E-state index in [0.29, 0.717) is 5.82 Å². The van der Waals surface area contributed by atoms with Gasteiger partial charge in [-0.1, -0.05) is 0 Å². The number of nitrogens with one attached hydrogen (secondary N) is 1. The van der Waals surface area contributed by atoms with Gasteiger partial charge in [-0.3, -0.25) is 4.79 Å². The molecule has 3 rings (SSSR count). The molecule has 2 N–H and O–H groups in total. The number of carbonyl (C=O) groups excluding carboxylic acids is 1. The van der Waals surface area contributed by atoms with Crippen LogP contribution in [0, 0.1) is 0 Å². The number of hydrogen-bond donors (Lipinski definition) is 2. The molecule has 0 saturated heterocycles. The molecule has 2 heterocycles. The van der Waals surface area contributed by atoms with Gasteiger partial charge < -0.3 is 10.4 Å². The Morgan fingerprint density at radius 1 is 1.33 bits per heavy atom. The van der Waals surface area contributed by atoms with Gasteiger partial charge in [0.25, 0.3) is 0 Å². The van der Waals surface area contributed by atoms with Gasteiger partial charge in [0.05, 0.1) is 11.5 Å². The standard InChI is InChI=1S/C15H14N2O3S/c18-14(11-2-1-3-12-10(11)6-7-21-12)17-13-5-4-9(8-16-13)15(19)20/h4-8,11H,1-3H2,(H,19,20)(H,16,17,18). The number of amides is 1. The van der Waals surface area contributed by atoms with E-state index in [1.165, 1.54) is 23.2 Å². The molecule has 0 aromatic carbocycles. The van der Waals surface area contributed by atoms with E-state index < -0.39 is 5.97 Å². The Bertz CT molecular complexity index is 678. The van der Waals surface area contributed by atoms with Gasteiger partial charge >= 0.3 is 5.97 Å². The molecule has 0 fully saturated rings. The van der Waals surface area contributed by atoms with E-state index >= 15 is 0 Å². The number of carbonyl (C=O) groups is 2. The molecule has 5 nitrogen and oxygen atoms in total. The molecule has 21 heavy (non-hydrogen) atoms. The maximum Gasteiger partial charge on any atom is 0.337 e. The number of carboxylic acid groups (broad SMARTS) is 1. The van der Waals surface area contributed by atoms with Crippen LogP contribution in [-0.4, -0.2) is 22.0 Å². The zero-order valence-electron chi connectivity index (χ0n) is 11.2. The van der Waals surface area contributed by atoms with E-state index in [2.05, 4.69) is 10.3 Å². The van der Waals surface area contributed by atoms with Gasteiger partial charge in [-0.05, 0) is 48.4 Å². The quantitative estimate of drug-likeness (QED) is 0.913. The van der Waals surface area contributed by atoms with Crippen LogP contribution in [0.1, 0.15) is 39.6 Å². The molecule has 0 spiro atoms. The van der Waals surface area contributed by atoms with Crippen LogP contribution in [0.25, 0.3) is 0 Å². The molecule has 2 aromatic heterocycles. The first-order chi connectivity index (χ1) is 10.1. The highest BCUT2D eigenvalue weighted by atomic mass is 32.1. The first kappa shape index (κ1) is 13.8. The molecule has 1 atom stereocenters. The van der Waals surface area contributed by atoms with E-state index in [-0.39, 0.29) is 17.4 Å². The number of fused-ring (bicyclic) bond motifs is 1. The lowest BCUT2D eigenvalue weighted by Gasteiger charge is -2.21. The zero-order chi connectivity index (χ0) is 14.8. The summed E-state index contributed by atoms with van der Waals surface area (Å²) in [6, 6.07) is 4.96. The molecule has 1 unspecified atom stereocenters. The summed E-state index contributed by atoms with van der Waals surface area (Å²) < 4.78 is 0. The van der Waals surface area contributed by atoms with E-state index in [9.17, 15) is 9.59 Å². The van der Waals surface area contributed by atoms with Gasteiger partial charge in [-0.2, -0.15) is 0 Å². The summed E-state index contributed by atoms with van der Waals surface area (Å²) >= 11 is 1.70. The largest absolute Gasteiger partial charge is 0.478 e. The first-order valence-electron chi connectivity index (χ1n) is 6.71. The highest BCUT2D eigenvalue weighted by molar-refractivity contribution is 7.10. The number of carboxylic acids is 1. The number of thiophene rings is 1. The number of anilines is 1. The summed E-state index contributed by atoms with van der Waals surface area (Å²) in [5.74, 6) is -0.867. The van der Waals surface area contributed by atoms with Crippen LogP contribution in [0.2, 0.25) is 0 Å². The van der Waals surface area contributed by atoms with Gasteiger partial charge in [0.1, 0.15) is 5.82 Å². The lowest BCUT2D eigenvalue weighted by molar-refractivity contribution is -0.117. The smallest absolute Gasteiger partial charge is 0.337 e. The Kier molecular flexibility index (Phi) is 3.70. The van der Waals surface area contributed by atoms with Crippen LogP contribution in [-0.2, 0) is 11.2 Å². The Morgan fingerprint density at radius 2 is 2.19 bits per heavy atom. The fourth-order valence-corrected chi connectivity index (χ4v) is 3.55. The second kappa shape index (κ2) is 5.65. The Morgan fingerprint density at radius 3 is 2.90 bits per heavy atom. The summed E-state index contributed by atoms with van der Waals surface area (Å²) in [7, 11) is 0. The maximum atomic E-state index is 12.4. The van der Waals surface area contributed by atoms with Crippen molar-refractivity contribution < 1.29 is 14.7 Å². The predicted molar refractivity (Wildman–Crippen MR) is 79.8 cm³/mol. The Balaban J connectivity index is 1.74. The number of hydrogen-bond acceptors (Lipinski definition) is 4. The molecule has 0 bridgehead atoms. The minimum atomic E-state index is -1.03. The van der Waals surface area contributed by atoms with Crippen molar-refractivity contribution in [2.75, 3.05) is 5.32 Å². The van der Waals surface area contributed by atoms with Gasteiger partial charge in [-0.25, -0.2) is 9.78 Å². The van der Waals surface area contributed by atoms with E-state index in [1.54, 1.807) is 11.3 Å². The van der Waals surface area contributed by atoms with Crippen molar-refractivity contribution in [2.24, 2.45) is 0 Å². The second-order valence-corrected chi connectivity index (χ2v) is 5.97. The molecule has 0 radical (unpaired) electrons. The van der Waals surface area contributed by atoms with Gasteiger partial charge in [0.15, 0.2) is 0 Å². The number of pyridine rings is 1. The molecule has 0 aliphatic heterocycles. The number of aromatic carboxylic acids is 1. The highest BCUT2D eigenvalue weighted by Gasteiger charge is 2.27. The fraction of sp³-hybridized carbons (Fsp3) is 0.267. The number of rotatable bonds is 3. The van der Waals surface area contributed by atoms with Crippen molar-refractivity contribution in [3.8, 4) is 0 Å². The van der Waals surface area contributed by atoms with Crippen LogP contribution in [0.15, 0.2) is 29.8 Å². The number of aromatic nitrogens is 1. The van der Waals surface area contributed by atoms with Crippen LogP contribution >= 0.6 is 11.3 Å². The third-order valence-electron chi connectivity index (χ3n) is 3.63. The maximum absolute atomic E-state index is 12.4. The molecule has 2 aromatic rings.